The molecule has 1 aliphatic rings. The first-order valence-corrected chi connectivity index (χ1v) is 10.5. The minimum absolute atomic E-state index is 0.0440. The largest absolute Gasteiger partial charge is 0.472 e. The lowest BCUT2D eigenvalue weighted by molar-refractivity contribution is 0.1000. The van der Waals surface area contributed by atoms with E-state index in [4.69, 9.17) is 17.3 Å². The van der Waals surface area contributed by atoms with Crippen molar-refractivity contribution in [1.82, 2.24) is 14.9 Å². The third-order valence-corrected chi connectivity index (χ3v) is 5.78. The van der Waals surface area contributed by atoms with E-state index in [0.717, 1.165) is 31.1 Å². The maximum Gasteiger partial charge on any atom is 0.248 e. The summed E-state index contributed by atoms with van der Waals surface area (Å²) in [4.78, 5) is 26.2. The van der Waals surface area contributed by atoms with Crippen molar-refractivity contribution in [2.75, 3.05) is 38.1 Å². The Bertz CT molecular complexity index is 1260. The fourth-order valence-electron chi connectivity index (χ4n) is 2.98. The minimum atomic E-state index is -0.519. The molecule has 1 fully saturated rings. The van der Waals surface area contributed by atoms with Crippen molar-refractivity contribution < 1.29 is 16.4 Å². The number of nitrogens with two attached hydrogens (primary N) is 1. The van der Waals surface area contributed by atoms with Crippen LogP contribution >= 0.6 is 11.8 Å². The zero-order valence-corrected chi connectivity index (χ0v) is 17.8. The smallest absolute Gasteiger partial charge is 0.248 e. The van der Waals surface area contributed by atoms with Crippen molar-refractivity contribution >= 4 is 23.6 Å². The topological polar surface area (TPSA) is 84.6 Å². The van der Waals surface area contributed by atoms with E-state index >= 15 is 0 Å². The zero-order chi connectivity index (χ0) is 26.0. The number of aromatic nitrogens is 2. The molecule has 2 heterocycles. The molecular formula is C23H25N5O2S. The van der Waals surface area contributed by atoms with Gasteiger partial charge >= 0.3 is 0 Å². The third-order valence-electron chi connectivity index (χ3n) is 4.77. The molecule has 0 radical (unpaired) electrons. The summed E-state index contributed by atoms with van der Waals surface area (Å²) in [6.45, 7) is 2.97. The van der Waals surface area contributed by atoms with Gasteiger partial charge in [0.1, 0.15) is 6.61 Å². The van der Waals surface area contributed by atoms with Crippen LogP contribution < -0.4 is 15.4 Å². The standard InChI is InChI=1S/C23H25N5O2S/c1-27-11-13-28(14-12-27)23-25-15-20(31-19-9-7-18(8-10-19)21(24)29)22(26-23)30-16-17-5-3-2-4-6-17/h2-10,15H,11-14,16H2,1H3,(H2,24,29)/i2D,3D,4D,5D,6D. The highest BCUT2D eigenvalue weighted by molar-refractivity contribution is 7.99. The fourth-order valence-corrected chi connectivity index (χ4v) is 3.80. The van der Waals surface area contributed by atoms with Crippen molar-refractivity contribution in [2.24, 2.45) is 5.73 Å². The Morgan fingerprint density at radius 1 is 1.16 bits per heavy atom. The molecule has 0 atom stereocenters. The summed E-state index contributed by atoms with van der Waals surface area (Å²) in [7, 11) is 2.05. The Morgan fingerprint density at radius 2 is 1.87 bits per heavy atom. The number of primary amides is 1. The van der Waals surface area contributed by atoms with E-state index in [-0.39, 0.29) is 30.1 Å². The Morgan fingerprint density at radius 3 is 2.55 bits per heavy atom. The molecule has 0 aliphatic carbocycles. The van der Waals surface area contributed by atoms with Gasteiger partial charge < -0.3 is 20.3 Å². The molecule has 2 N–H and O–H groups in total. The molecule has 0 spiro atoms. The Hall–Kier alpha value is -3.10. The molecule has 1 saturated heterocycles. The summed E-state index contributed by atoms with van der Waals surface area (Å²) < 4.78 is 45.9. The second-order valence-electron chi connectivity index (χ2n) is 7.01. The van der Waals surface area contributed by atoms with E-state index < -0.39 is 24.0 Å². The van der Waals surface area contributed by atoms with Crippen LogP contribution in [0.2, 0.25) is 0 Å². The lowest BCUT2D eigenvalue weighted by atomic mass is 10.2. The molecule has 2 aromatic carbocycles. The van der Waals surface area contributed by atoms with Gasteiger partial charge in [0.05, 0.1) is 17.9 Å². The molecule has 0 bridgehead atoms. The Balaban J connectivity index is 1.65. The molecule has 0 saturated carbocycles. The van der Waals surface area contributed by atoms with Gasteiger partial charge in [-0.25, -0.2) is 4.98 Å². The summed E-state index contributed by atoms with van der Waals surface area (Å²) >= 11 is 1.32. The number of hydrogen-bond donors (Lipinski definition) is 1. The maximum atomic E-state index is 11.4. The van der Waals surface area contributed by atoms with Crippen LogP contribution in [0.4, 0.5) is 5.95 Å². The molecule has 0 unspecified atom stereocenters. The van der Waals surface area contributed by atoms with Crippen LogP contribution in [0.5, 0.6) is 5.88 Å². The van der Waals surface area contributed by atoms with Gasteiger partial charge in [0.25, 0.3) is 0 Å². The molecule has 7 nitrogen and oxygen atoms in total. The number of amides is 1. The summed E-state index contributed by atoms with van der Waals surface area (Å²) in [6.07, 6.45) is 1.64. The molecule has 3 aromatic rings. The van der Waals surface area contributed by atoms with Gasteiger partial charge in [-0.3, -0.25) is 4.79 Å². The maximum absolute atomic E-state index is 11.4. The molecule has 1 aromatic heterocycles. The fraction of sp³-hybridized carbons (Fsp3) is 0.261. The number of anilines is 1. The first kappa shape index (κ1) is 15.7. The highest BCUT2D eigenvalue weighted by atomic mass is 32.2. The number of nitrogens with zero attached hydrogens (tertiary/aromatic N) is 4. The number of likely N-dealkylation sites (N-methyl/N-ethyl adjacent to an activating group) is 1. The van der Waals surface area contributed by atoms with Crippen LogP contribution in [-0.2, 0) is 6.61 Å². The number of benzene rings is 2. The van der Waals surface area contributed by atoms with E-state index in [1.165, 1.54) is 11.8 Å². The summed E-state index contributed by atoms with van der Waals surface area (Å²) in [5.74, 6) is 0.205. The second kappa shape index (κ2) is 9.80. The van der Waals surface area contributed by atoms with E-state index in [1.807, 2.05) is 4.90 Å². The Labute approximate surface area is 193 Å². The van der Waals surface area contributed by atoms with Gasteiger partial charge in [0.2, 0.25) is 17.7 Å². The Kier molecular flexibility index (Phi) is 4.95. The molecule has 160 valence electrons. The van der Waals surface area contributed by atoms with Gasteiger partial charge in [-0.1, -0.05) is 42.0 Å². The lowest BCUT2D eigenvalue weighted by Crippen LogP contribution is -2.45. The number of carbonyl (C=O) groups excluding carboxylic acids is 1. The monoisotopic (exact) mass is 440 g/mol. The van der Waals surface area contributed by atoms with Crippen molar-refractivity contribution in [2.45, 2.75) is 16.4 Å². The zero-order valence-electron chi connectivity index (χ0n) is 22.0. The van der Waals surface area contributed by atoms with Gasteiger partial charge in [-0.15, -0.1) is 0 Å². The average Bonchev–Trinajstić information content (AvgIpc) is 2.88. The minimum Gasteiger partial charge on any atom is -0.472 e. The highest BCUT2D eigenvalue weighted by Crippen LogP contribution is 2.35. The molecule has 1 amide bonds. The number of carbonyl (C=O) groups is 1. The normalized spacial score (nSPS) is 16.7. The van der Waals surface area contributed by atoms with Crippen LogP contribution in [0.25, 0.3) is 0 Å². The van der Waals surface area contributed by atoms with Crippen molar-refractivity contribution in [1.29, 1.82) is 0 Å². The van der Waals surface area contributed by atoms with Crippen LogP contribution in [0.3, 0.4) is 0 Å². The predicted octanol–water partition coefficient (Wildman–Crippen LogP) is 3.06. The summed E-state index contributed by atoms with van der Waals surface area (Å²) in [6, 6.07) is 4.82. The van der Waals surface area contributed by atoms with E-state index in [1.54, 1.807) is 30.5 Å². The average molecular weight is 441 g/mol. The van der Waals surface area contributed by atoms with Crippen LogP contribution in [0.1, 0.15) is 22.8 Å². The number of rotatable bonds is 7. The highest BCUT2D eigenvalue weighted by Gasteiger charge is 2.19. The third kappa shape index (κ3) is 5.53. The predicted molar refractivity (Wildman–Crippen MR) is 122 cm³/mol. The van der Waals surface area contributed by atoms with Gasteiger partial charge in [-0.05, 0) is 36.9 Å². The van der Waals surface area contributed by atoms with Gasteiger partial charge in [-0.2, -0.15) is 4.98 Å². The van der Waals surface area contributed by atoms with Crippen molar-refractivity contribution in [3.8, 4) is 5.88 Å². The van der Waals surface area contributed by atoms with Crippen LogP contribution in [0, 0.1) is 0 Å². The van der Waals surface area contributed by atoms with Crippen molar-refractivity contribution in [3.63, 3.8) is 0 Å². The molecule has 8 heteroatoms. The number of ether oxygens (including phenoxy) is 1. The molecule has 1 aliphatic heterocycles. The molecular weight excluding hydrogens is 410 g/mol. The van der Waals surface area contributed by atoms with Crippen molar-refractivity contribution in [3.05, 3.63) is 71.8 Å². The number of piperazine rings is 1. The van der Waals surface area contributed by atoms with E-state index in [0.29, 0.717) is 16.4 Å². The SMILES string of the molecule is [2H]c1c([2H])c([2H])c(COc2nc(N3CCN(C)CC3)ncc2Sc2ccc(C(N)=O)cc2)c([2H])c1[2H]. The van der Waals surface area contributed by atoms with Gasteiger partial charge in [0, 0.05) is 36.6 Å². The molecule has 4 rings (SSSR count). The molecule has 31 heavy (non-hydrogen) atoms. The van der Waals surface area contributed by atoms with Crippen LogP contribution in [0.15, 0.2) is 70.5 Å². The van der Waals surface area contributed by atoms with E-state index in [2.05, 4.69) is 21.9 Å². The van der Waals surface area contributed by atoms with Crippen LogP contribution in [-0.4, -0.2) is 54.0 Å². The summed E-state index contributed by atoms with van der Waals surface area (Å²) in [5.41, 5.74) is 5.76. The lowest BCUT2D eigenvalue weighted by Gasteiger charge is -2.32. The second-order valence-corrected chi connectivity index (χ2v) is 8.13. The first-order valence-electron chi connectivity index (χ1n) is 12.2. The van der Waals surface area contributed by atoms with E-state index in [9.17, 15) is 4.79 Å². The first-order chi connectivity index (χ1) is 17.2. The van der Waals surface area contributed by atoms with Gasteiger partial charge in [0.15, 0.2) is 0 Å². The quantitative estimate of drug-likeness (QED) is 0.604. The number of hydrogen-bond acceptors (Lipinski definition) is 7. The summed E-state index contributed by atoms with van der Waals surface area (Å²) in [5, 5.41) is 0.